The molecule has 1 unspecified atom stereocenters. The van der Waals surface area contributed by atoms with Crippen LogP contribution >= 0.6 is 11.6 Å². The smallest absolute Gasteiger partial charge is 0.181 e. The van der Waals surface area contributed by atoms with E-state index >= 15 is 4.39 Å². The van der Waals surface area contributed by atoms with Gasteiger partial charge in [-0.05, 0) is 36.2 Å². The lowest BCUT2D eigenvalue weighted by atomic mass is 9.93. The first kappa shape index (κ1) is 17.0. The molecule has 5 heteroatoms. The van der Waals surface area contributed by atoms with Gasteiger partial charge in [-0.1, -0.05) is 55.3 Å². The van der Waals surface area contributed by atoms with Gasteiger partial charge in [0.1, 0.15) is 5.67 Å². The predicted molar refractivity (Wildman–Crippen MR) is 87.6 cm³/mol. The Labute approximate surface area is 135 Å². The molecule has 118 valence electrons. The molecule has 0 saturated heterocycles. The van der Waals surface area contributed by atoms with Gasteiger partial charge in [-0.15, -0.1) is 0 Å². The highest BCUT2D eigenvalue weighted by Gasteiger charge is 2.37. The molecule has 2 rings (SSSR count). The fourth-order valence-corrected chi connectivity index (χ4v) is 4.22. The van der Waals surface area contributed by atoms with E-state index in [9.17, 15) is 8.42 Å². The third-order valence-electron chi connectivity index (χ3n) is 3.53. The minimum Gasteiger partial charge on any atom is -0.238 e. The molecule has 2 aromatic rings. The predicted octanol–water partition coefficient (Wildman–Crippen LogP) is 4.78. The van der Waals surface area contributed by atoms with Crippen LogP contribution in [0.2, 0.25) is 5.02 Å². The highest BCUT2D eigenvalue weighted by atomic mass is 35.5. The summed E-state index contributed by atoms with van der Waals surface area (Å²) in [6.07, 6.45) is 0.714. The van der Waals surface area contributed by atoms with Crippen LogP contribution in [0.25, 0.3) is 0 Å². The molecule has 0 radical (unpaired) electrons. The van der Waals surface area contributed by atoms with E-state index in [1.165, 1.54) is 24.3 Å². The first-order valence-corrected chi connectivity index (χ1v) is 9.13. The Morgan fingerprint density at radius 1 is 1.05 bits per heavy atom. The highest BCUT2D eigenvalue weighted by molar-refractivity contribution is 7.91. The molecule has 2 nitrogen and oxygen atoms in total. The van der Waals surface area contributed by atoms with Crippen molar-refractivity contribution in [2.24, 2.45) is 0 Å². The van der Waals surface area contributed by atoms with Crippen molar-refractivity contribution in [1.82, 2.24) is 0 Å². The van der Waals surface area contributed by atoms with Gasteiger partial charge < -0.3 is 0 Å². The van der Waals surface area contributed by atoms with Gasteiger partial charge in [-0.2, -0.15) is 0 Å². The van der Waals surface area contributed by atoms with Crippen molar-refractivity contribution in [3.63, 3.8) is 0 Å². The lowest BCUT2D eigenvalue weighted by molar-refractivity contribution is 0.179. The van der Waals surface area contributed by atoms with Gasteiger partial charge in [0.2, 0.25) is 0 Å². The van der Waals surface area contributed by atoms with Crippen molar-refractivity contribution in [2.45, 2.75) is 30.3 Å². The van der Waals surface area contributed by atoms with E-state index in [0.29, 0.717) is 17.0 Å². The molecule has 0 spiro atoms. The molecule has 0 aliphatic carbocycles. The van der Waals surface area contributed by atoms with Crippen LogP contribution < -0.4 is 0 Å². The van der Waals surface area contributed by atoms with Gasteiger partial charge in [0.25, 0.3) is 0 Å². The molecule has 0 saturated carbocycles. The number of hydrogen-bond donors (Lipinski definition) is 0. The maximum Gasteiger partial charge on any atom is 0.181 e. The lowest BCUT2D eigenvalue weighted by Gasteiger charge is -2.25. The van der Waals surface area contributed by atoms with Gasteiger partial charge in [0.05, 0.1) is 10.6 Å². The fourth-order valence-electron chi connectivity index (χ4n) is 2.46. The third kappa shape index (κ3) is 3.87. The van der Waals surface area contributed by atoms with Crippen LogP contribution in [0.15, 0.2) is 59.5 Å². The van der Waals surface area contributed by atoms with Crippen molar-refractivity contribution in [2.75, 3.05) is 5.75 Å². The molecule has 0 N–H and O–H groups in total. The number of rotatable bonds is 6. The molecule has 0 aromatic heterocycles. The Morgan fingerprint density at radius 2 is 1.64 bits per heavy atom. The van der Waals surface area contributed by atoms with Crippen LogP contribution in [-0.4, -0.2) is 14.2 Å². The zero-order valence-corrected chi connectivity index (χ0v) is 13.9. The van der Waals surface area contributed by atoms with Gasteiger partial charge in [0, 0.05) is 5.02 Å². The van der Waals surface area contributed by atoms with Crippen molar-refractivity contribution in [1.29, 1.82) is 0 Å². The lowest BCUT2D eigenvalue weighted by Crippen LogP contribution is -2.30. The first-order valence-electron chi connectivity index (χ1n) is 7.10. The summed E-state index contributed by atoms with van der Waals surface area (Å²) < 4.78 is 40.4. The van der Waals surface area contributed by atoms with E-state index in [4.69, 9.17) is 11.6 Å². The molecule has 1 atom stereocenters. The van der Waals surface area contributed by atoms with Crippen LogP contribution in [0, 0.1) is 0 Å². The fraction of sp³-hybridized carbons (Fsp3) is 0.294. The van der Waals surface area contributed by atoms with E-state index < -0.39 is 21.3 Å². The quantitative estimate of drug-likeness (QED) is 0.758. The van der Waals surface area contributed by atoms with Gasteiger partial charge in [-0.3, -0.25) is 0 Å². The van der Waals surface area contributed by atoms with Crippen LogP contribution in [0.1, 0.15) is 25.3 Å². The average Bonchev–Trinajstić information content (AvgIpc) is 2.48. The number of sulfone groups is 1. The molecule has 0 aliphatic heterocycles. The van der Waals surface area contributed by atoms with Gasteiger partial charge in [0.15, 0.2) is 9.84 Å². The van der Waals surface area contributed by atoms with E-state index in [-0.39, 0.29) is 11.3 Å². The summed E-state index contributed by atoms with van der Waals surface area (Å²) in [6.45, 7) is 1.84. The number of halogens is 2. The molecule has 0 bridgehead atoms. The summed E-state index contributed by atoms with van der Waals surface area (Å²) >= 11 is 5.77. The SMILES string of the molecule is CCCC(F)(CS(=O)(=O)c1ccc(Cl)cc1)c1ccccc1. The second kappa shape index (κ2) is 6.80. The normalized spacial score (nSPS) is 14.5. The van der Waals surface area contributed by atoms with E-state index in [0.717, 1.165) is 0 Å². The zero-order chi connectivity index (χ0) is 16.2. The van der Waals surface area contributed by atoms with Crippen molar-refractivity contribution in [3.05, 3.63) is 65.2 Å². The van der Waals surface area contributed by atoms with E-state index in [2.05, 4.69) is 0 Å². The standard InChI is InChI=1S/C17H18ClFO2S/c1-2-12-17(19,14-6-4-3-5-7-14)13-22(20,21)16-10-8-15(18)9-11-16/h3-11H,2,12-13H2,1H3. The molecule has 0 heterocycles. The Kier molecular flexibility index (Phi) is 5.24. The van der Waals surface area contributed by atoms with Gasteiger partial charge >= 0.3 is 0 Å². The first-order chi connectivity index (χ1) is 10.4. The molecule has 0 aliphatic rings. The monoisotopic (exact) mass is 340 g/mol. The number of alkyl halides is 1. The molecular weight excluding hydrogens is 323 g/mol. The van der Waals surface area contributed by atoms with Crippen molar-refractivity contribution in [3.8, 4) is 0 Å². The van der Waals surface area contributed by atoms with Crippen LogP contribution in [0.4, 0.5) is 4.39 Å². The summed E-state index contributed by atoms with van der Waals surface area (Å²) in [4.78, 5) is 0.0889. The summed E-state index contributed by atoms with van der Waals surface area (Å²) in [6, 6.07) is 14.3. The highest BCUT2D eigenvalue weighted by Crippen LogP contribution is 2.34. The molecule has 2 aromatic carbocycles. The average molecular weight is 341 g/mol. The van der Waals surface area contributed by atoms with Crippen LogP contribution in [-0.2, 0) is 15.5 Å². The molecule has 0 fully saturated rings. The third-order valence-corrected chi connectivity index (χ3v) is 5.61. The maximum absolute atomic E-state index is 15.4. The van der Waals surface area contributed by atoms with E-state index in [1.54, 1.807) is 30.3 Å². The second-order valence-corrected chi connectivity index (χ2v) is 7.72. The Balaban J connectivity index is 2.37. The zero-order valence-electron chi connectivity index (χ0n) is 12.3. The summed E-state index contributed by atoms with van der Waals surface area (Å²) in [5.74, 6) is -0.570. The van der Waals surface area contributed by atoms with Crippen LogP contribution in [0.3, 0.4) is 0 Å². The van der Waals surface area contributed by atoms with Crippen LogP contribution in [0.5, 0.6) is 0 Å². The number of hydrogen-bond acceptors (Lipinski definition) is 2. The second-order valence-electron chi connectivity index (χ2n) is 5.29. The summed E-state index contributed by atoms with van der Waals surface area (Å²) in [7, 11) is -3.74. The summed E-state index contributed by atoms with van der Waals surface area (Å²) in [5.41, 5.74) is -1.50. The minimum absolute atomic E-state index is 0.0889. The van der Waals surface area contributed by atoms with Crippen molar-refractivity contribution >= 4 is 21.4 Å². The largest absolute Gasteiger partial charge is 0.238 e. The Morgan fingerprint density at radius 3 is 2.18 bits per heavy atom. The Bertz CT molecular complexity index is 714. The topological polar surface area (TPSA) is 34.1 Å². The molecule has 0 amide bonds. The molecular formula is C17H18ClFO2S. The van der Waals surface area contributed by atoms with Crippen molar-refractivity contribution < 1.29 is 12.8 Å². The van der Waals surface area contributed by atoms with Gasteiger partial charge in [-0.25, -0.2) is 12.8 Å². The number of benzene rings is 2. The summed E-state index contributed by atoms with van der Waals surface area (Å²) in [5, 5.41) is 0.446. The maximum atomic E-state index is 15.4. The Hall–Kier alpha value is -1.39. The van der Waals surface area contributed by atoms with E-state index in [1.807, 2.05) is 6.92 Å². The minimum atomic E-state index is -3.74. The molecule has 22 heavy (non-hydrogen) atoms.